The van der Waals surface area contributed by atoms with Gasteiger partial charge in [-0.1, -0.05) is 15.9 Å². The first-order chi connectivity index (χ1) is 11.1. The molecule has 0 fully saturated rings. The fraction of sp³-hybridized carbons (Fsp3) is 0.118. The summed E-state index contributed by atoms with van der Waals surface area (Å²) in [5.41, 5.74) is 1.51. The number of methoxy groups -OCH3 is 2. The predicted octanol–water partition coefficient (Wildman–Crippen LogP) is 3.64. The van der Waals surface area contributed by atoms with Crippen molar-refractivity contribution in [1.29, 1.82) is 0 Å². The van der Waals surface area contributed by atoms with Crippen molar-refractivity contribution < 1.29 is 14.3 Å². The molecule has 0 bridgehead atoms. The number of ketones is 1. The number of carbonyl (C=O) groups excluding carboxylic acids is 1. The Balaban J connectivity index is 2.17. The van der Waals surface area contributed by atoms with E-state index in [1.807, 2.05) is 12.1 Å². The van der Waals surface area contributed by atoms with Crippen LogP contribution in [0.4, 0.5) is 0 Å². The van der Waals surface area contributed by atoms with Crippen LogP contribution in [-0.4, -0.2) is 30.0 Å². The highest BCUT2D eigenvalue weighted by molar-refractivity contribution is 9.10. The Morgan fingerprint density at radius 3 is 2.30 bits per heavy atom. The lowest BCUT2D eigenvalue weighted by Gasteiger charge is -2.10. The normalized spacial score (nSPS) is 10.6. The third-order valence-corrected chi connectivity index (χ3v) is 3.99. The molecular formula is C17H13BrN2O3. The SMILES string of the molecule is COc1cc2ncnc(C(=O)c3ccc(Br)cc3)c2cc1OC. The standard InChI is InChI=1S/C17H13BrN2O3/c1-22-14-7-12-13(8-15(14)23-2)19-9-20-16(12)17(21)10-3-5-11(18)6-4-10/h3-9H,1-2H3. The number of carbonyl (C=O) groups is 1. The van der Waals surface area contributed by atoms with E-state index in [0.717, 1.165) is 4.47 Å². The van der Waals surface area contributed by atoms with Gasteiger partial charge in [0.1, 0.15) is 12.0 Å². The van der Waals surface area contributed by atoms with E-state index in [1.54, 1.807) is 38.5 Å². The summed E-state index contributed by atoms with van der Waals surface area (Å²) in [6.45, 7) is 0. The van der Waals surface area contributed by atoms with Crippen LogP contribution in [-0.2, 0) is 0 Å². The van der Waals surface area contributed by atoms with Gasteiger partial charge in [-0.05, 0) is 30.3 Å². The molecule has 1 aromatic heterocycles. The molecule has 2 aromatic carbocycles. The lowest BCUT2D eigenvalue weighted by molar-refractivity contribution is 0.103. The highest BCUT2D eigenvalue weighted by Gasteiger charge is 2.17. The summed E-state index contributed by atoms with van der Waals surface area (Å²) in [7, 11) is 3.10. The van der Waals surface area contributed by atoms with Crippen LogP contribution >= 0.6 is 15.9 Å². The molecule has 6 heteroatoms. The Morgan fingerprint density at radius 1 is 1.00 bits per heavy atom. The van der Waals surface area contributed by atoms with E-state index in [4.69, 9.17) is 9.47 Å². The molecule has 0 amide bonds. The molecule has 0 radical (unpaired) electrons. The average Bonchev–Trinajstić information content (AvgIpc) is 2.60. The number of rotatable bonds is 4. The molecule has 5 nitrogen and oxygen atoms in total. The van der Waals surface area contributed by atoms with Gasteiger partial charge in [0.25, 0.3) is 0 Å². The van der Waals surface area contributed by atoms with Gasteiger partial charge in [0, 0.05) is 21.5 Å². The molecule has 1 heterocycles. The molecule has 0 saturated heterocycles. The van der Waals surface area contributed by atoms with Gasteiger partial charge >= 0.3 is 0 Å². The van der Waals surface area contributed by atoms with Crippen LogP contribution in [0.2, 0.25) is 0 Å². The molecule has 0 spiro atoms. The summed E-state index contributed by atoms with van der Waals surface area (Å²) < 4.78 is 11.5. The summed E-state index contributed by atoms with van der Waals surface area (Å²) >= 11 is 3.36. The fourth-order valence-electron chi connectivity index (χ4n) is 2.30. The average molecular weight is 373 g/mol. The van der Waals surface area contributed by atoms with Gasteiger partial charge in [0.15, 0.2) is 11.5 Å². The smallest absolute Gasteiger partial charge is 0.212 e. The van der Waals surface area contributed by atoms with Gasteiger partial charge in [-0.3, -0.25) is 4.79 Å². The summed E-state index contributed by atoms with van der Waals surface area (Å²) in [6.07, 6.45) is 1.38. The Morgan fingerprint density at radius 2 is 1.65 bits per heavy atom. The maximum absolute atomic E-state index is 12.7. The van der Waals surface area contributed by atoms with Gasteiger partial charge in [0.05, 0.1) is 19.7 Å². The Labute approximate surface area is 141 Å². The zero-order valence-corrected chi connectivity index (χ0v) is 14.1. The van der Waals surface area contributed by atoms with Gasteiger partial charge in [-0.15, -0.1) is 0 Å². The van der Waals surface area contributed by atoms with E-state index < -0.39 is 0 Å². The quantitative estimate of drug-likeness (QED) is 0.654. The molecule has 0 aliphatic carbocycles. The molecule has 0 aliphatic rings. The summed E-state index contributed by atoms with van der Waals surface area (Å²) in [5.74, 6) is 0.914. The first-order valence-electron chi connectivity index (χ1n) is 6.81. The zero-order chi connectivity index (χ0) is 16.4. The third kappa shape index (κ3) is 2.90. The number of aromatic nitrogens is 2. The molecule has 116 valence electrons. The number of nitrogens with zero attached hydrogens (tertiary/aromatic N) is 2. The van der Waals surface area contributed by atoms with Crippen molar-refractivity contribution in [1.82, 2.24) is 9.97 Å². The number of hydrogen-bond donors (Lipinski definition) is 0. The van der Waals surface area contributed by atoms with Gasteiger partial charge in [-0.25, -0.2) is 9.97 Å². The molecule has 3 aromatic rings. The van der Waals surface area contributed by atoms with Gasteiger partial charge in [0.2, 0.25) is 5.78 Å². The van der Waals surface area contributed by atoms with Crippen molar-refractivity contribution >= 4 is 32.6 Å². The summed E-state index contributed by atoms with van der Waals surface area (Å²) in [6, 6.07) is 10.6. The number of fused-ring (bicyclic) bond motifs is 1. The van der Waals surface area contributed by atoms with E-state index in [-0.39, 0.29) is 5.78 Å². The first kappa shape index (κ1) is 15.4. The third-order valence-electron chi connectivity index (χ3n) is 3.46. The molecule has 0 N–H and O–H groups in total. The van der Waals surface area contributed by atoms with Crippen LogP contribution in [0.3, 0.4) is 0 Å². The highest BCUT2D eigenvalue weighted by Crippen LogP contribution is 2.32. The van der Waals surface area contributed by atoms with E-state index in [1.165, 1.54) is 6.33 Å². The Bertz CT molecular complexity index is 879. The molecule has 0 saturated carbocycles. The van der Waals surface area contributed by atoms with E-state index in [2.05, 4.69) is 25.9 Å². The second kappa shape index (κ2) is 6.34. The van der Waals surface area contributed by atoms with Crippen molar-refractivity contribution in [3.63, 3.8) is 0 Å². The first-order valence-corrected chi connectivity index (χ1v) is 7.60. The maximum Gasteiger partial charge on any atom is 0.212 e. The second-order valence-electron chi connectivity index (χ2n) is 4.78. The van der Waals surface area contributed by atoms with Gasteiger partial charge in [-0.2, -0.15) is 0 Å². The minimum absolute atomic E-state index is 0.169. The molecule has 3 rings (SSSR count). The minimum atomic E-state index is -0.169. The van der Waals surface area contributed by atoms with Crippen molar-refractivity contribution in [3.05, 3.63) is 58.5 Å². The van der Waals surface area contributed by atoms with Crippen molar-refractivity contribution in [2.24, 2.45) is 0 Å². The molecule has 0 unspecified atom stereocenters. The lowest BCUT2D eigenvalue weighted by atomic mass is 10.0. The second-order valence-corrected chi connectivity index (χ2v) is 5.70. The maximum atomic E-state index is 12.7. The minimum Gasteiger partial charge on any atom is -0.493 e. The fourth-order valence-corrected chi connectivity index (χ4v) is 2.57. The number of halogens is 1. The molecule has 23 heavy (non-hydrogen) atoms. The topological polar surface area (TPSA) is 61.3 Å². The van der Waals surface area contributed by atoms with E-state index >= 15 is 0 Å². The molecule has 0 atom stereocenters. The predicted molar refractivity (Wildman–Crippen MR) is 90.2 cm³/mol. The summed E-state index contributed by atoms with van der Waals surface area (Å²) in [4.78, 5) is 21.1. The van der Waals surface area contributed by atoms with E-state index in [9.17, 15) is 4.79 Å². The highest BCUT2D eigenvalue weighted by atomic mass is 79.9. The zero-order valence-electron chi connectivity index (χ0n) is 12.5. The van der Waals surface area contributed by atoms with Crippen LogP contribution in [0, 0.1) is 0 Å². The largest absolute Gasteiger partial charge is 0.493 e. The van der Waals surface area contributed by atoms with E-state index in [0.29, 0.717) is 33.7 Å². The van der Waals surface area contributed by atoms with Crippen LogP contribution in [0.1, 0.15) is 16.1 Å². The van der Waals surface area contributed by atoms with Crippen LogP contribution < -0.4 is 9.47 Å². The van der Waals surface area contributed by atoms with Crippen LogP contribution in [0.25, 0.3) is 10.9 Å². The number of hydrogen-bond acceptors (Lipinski definition) is 5. The van der Waals surface area contributed by atoms with Crippen molar-refractivity contribution in [3.8, 4) is 11.5 Å². The lowest BCUT2D eigenvalue weighted by Crippen LogP contribution is -2.06. The Kier molecular flexibility index (Phi) is 4.25. The van der Waals surface area contributed by atoms with Crippen LogP contribution in [0.15, 0.2) is 47.2 Å². The van der Waals surface area contributed by atoms with Crippen LogP contribution in [0.5, 0.6) is 11.5 Å². The molecule has 0 aliphatic heterocycles. The number of ether oxygens (including phenoxy) is 2. The monoisotopic (exact) mass is 372 g/mol. The van der Waals surface area contributed by atoms with Crippen molar-refractivity contribution in [2.75, 3.05) is 14.2 Å². The van der Waals surface area contributed by atoms with Crippen molar-refractivity contribution in [2.45, 2.75) is 0 Å². The number of benzene rings is 2. The Hall–Kier alpha value is -2.47. The molecular weight excluding hydrogens is 360 g/mol. The summed E-state index contributed by atoms with van der Waals surface area (Å²) in [5, 5.41) is 0.623. The van der Waals surface area contributed by atoms with Gasteiger partial charge < -0.3 is 9.47 Å².